The molecule has 28 heavy (non-hydrogen) atoms. The summed E-state index contributed by atoms with van der Waals surface area (Å²) in [7, 11) is 0. The predicted octanol–water partition coefficient (Wildman–Crippen LogP) is 4.85. The molecule has 1 N–H and O–H groups in total. The van der Waals surface area contributed by atoms with Gasteiger partial charge in [0.2, 0.25) is 5.91 Å². The van der Waals surface area contributed by atoms with Crippen LogP contribution < -0.4 is 10.9 Å². The Morgan fingerprint density at radius 2 is 1.75 bits per heavy atom. The number of benzene rings is 2. The van der Waals surface area contributed by atoms with E-state index in [0.29, 0.717) is 16.6 Å². The molecule has 0 fully saturated rings. The zero-order valence-electron chi connectivity index (χ0n) is 15.6. The Balaban J connectivity index is 1.68. The molecule has 1 amide bonds. The van der Waals surface area contributed by atoms with Crippen LogP contribution in [0.2, 0.25) is 0 Å². The van der Waals surface area contributed by atoms with Crippen LogP contribution in [0.4, 0.5) is 5.69 Å². The molecular formula is C21H20BrN3O2S. The van der Waals surface area contributed by atoms with E-state index in [4.69, 9.17) is 0 Å². The summed E-state index contributed by atoms with van der Waals surface area (Å²) in [5.74, 6) is 0.492. The molecule has 5 nitrogen and oxygen atoms in total. The first-order chi connectivity index (χ1) is 13.4. The lowest BCUT2D eigenvalue weighted by atomic mass is 10.0. The van der Waals surface area contributed by atoms with Gasteiger partial charge in [0.25, 0.3) is 5.56 Å². The van der Waals surface area contributed by atoms with Crippen LogP contribution in [0.1, 0.15) is 25.3 Å². The summed E-state index contributed by atoms with van der Waals surface area (Å²) in [5.41, 5.74) is 2.43. The van der Waals surface area contributed by atoms with Crippen molar-refractivity contribution in [2.75, 3.05) is 11.1 Å². The molecule has 2 aromatic carbocycles. The maximum Gasteiger partial charge on any atom is 0.271 e. The van der Waals surface area contributed by atoms with E-state index in [1.807, 2.05) is 48.5 Å². The average Bonchev–Trinajstić information content (AvgIpc) is 2.69. The van der Waals surface area contributed by atoms with Gasteiger partial charge in [0.15, 0.2) is 0 Å². The number of rotatable bonds is 6. The van der Waals surface area contributed by atoms with Crippen molar-refractivity contribution in [1.29, 1.82) is 0 Å². The number of hydrogen-bond donors (Lipinski definition) is 1. The number of aromatic nitrogens is 2. The van der Waals surface area contributed by atoms with Crippen LogP contribution in [0.3, 0.4) is 0 Å². The van der Waals surface area contributed by atoms with Crippen LogP contribution in [-0.4, -0.2) is 21.4 Å². The summed E-state index contributed by atoms with van der Waals surface area (Å²) in [6.07, 6.45) is 0. The molecule has 7 heteroatoms. The highest BCUT2D eigenvalue weighted by molar-refractivity contribution is 9.10. The third-order valence-corrected chi connectivity index (χ3v) is 5.51. The SMILES string of the molecule is CC(C)c1ccc(-n2nc(SCC(=O)Nc3ccc(Br)cc3)ccc2=O)cc1. The second kappa shape index (κ2) is 9.21. The highest BCUT2D eigenvalue weighted by Gasteiger charge is 2.08. The molecule has 0 bridgehead atoms. The summed E-state index contributed by atoms with van der Waals surface area (Å²) in [5, 5.41) is 7.84. The third-order valence-electron chi connectivity index (χ3n) is 4.06. The van der Waals surface area contributed by atoms with Gasteiger partial charge < -0.3 is 5.32 Å². The minimum absolute atomic E-state index is 0.131. The van der Waals surface area contributed by atoms with Crippen molar-refractivity contribution in [3.05, 3.63) is 81.1 Å². The molecule has 3 rings (SSSR count). The molecule has 144 valence electrons. The summed E-state index contributed by atoms with van der Waals surface area (Å²) in [6.45, 7) is 4.24. The molecule has 3 aromatic rings. The van der Waals surface area contributed by atoms with Crippen LogP contribution >= 0.6 is 27.7 Å². The topological polar surface area (TPSA) is 64.0 Å². The fourth-order valence-electron chi connectivity index (χ4n) is 2.53. The highest BCUT2D eigenvalue weighted by atomic mass is 79.9. The molecule has 0 saturated heterocycles. The molecule has 0 aliphatic heterocycles. The van der Waals surface area contributed by atoms with E-state index in [-0.39, 0.29) is 17.2 Å². The van der Waals surface area contributed by atoms with E-state index >= 15 is 0 Å². The number of nitrogens with one attached hydrogen (secondary N) is 1. The zero-order chi connectivity index (χ0) is 20.1. The third kappa shape index (κ3) is 5.33. The molecule has 0 atom stereocenters. The molecule has 0 spiro atoms. The van der Waals surface area contributed by atoms with Gasteiger partial charge in [-0.05, 0) is 53.9 Å². The Bertz CT molecular complexity index is 1020. The van der Waals surface area contributed by atoms with E-state index in [1.54, 1.807) is 6.07 Å². The van der Waals surface area contributed by atoms with Gasteiger partial charge in [0, 0.05) is 16.2 Å². The first-order valence-corrected chi connectivity index (χ1v) is 10.6. The lowest BCUT2D eigenvalue weighted by Gasteiger charge is -2.09. The van der Waals surface area contributed by atoms with E-state index in [0.717, 1.165) is 10.2 Å². The second-order valence-electron chi connectivity index (χ2n) is 6.51. The van der Waals surface area contributed by atoms with Gasteiger partial charge in [0.1, 0.15) is 5.03 Å². The summed E-state index contributed by atoms with van der Waals surface area (Å²) < 4.78 is 2.31. The number of nitrogens with zero attached hydrogens (tertiary/aromatic N) is 2. The number of thioether (sulfide) groups is 1. The number of carbonyl (C=O) groups excluding carboxylic acids is 1. The lowest BCUT2D eigenvalue weighted by Crippen LogP contribution is -2.21. The Labute approximate surface area is 176 Å². The molecule has 0 radical (unpaired) electrons. The number of amides is 1. The molecule has 0 aliphatic carbocycles. The van der Waals surface area contributed by atoms with Gasteiger partial charge in [-0.2, -0.15) is 9.78 Å². The van der Waals surface area contributed by atoms with Crippen molar-refractivity contribution in [2.24, 2.45) is 0 Å². The van der Waals surface area contributed by atoms with Crippen molar-refractivity contribution >= 4 is 39.3 Å². The van der Waals surface area contributed by atoms with Gasteiger partial charge in [-0.3, -0.25) is 9.59 Å². The van der Waals surface area contributed by atoms with E-state index in [2.05, 4.69) is 40.2 Å². The number of anilines is 1. The first kappa shape index (κ1) is 20.4. The lowest BCUT2D eigenvalue weighted by molar-refractivity contribution is -0.113. The van der Waals surface area contributed by atoms with Crippen molar-refractivity contribution in [2.45, 2.75) is 24.8 Å². The number of halogens is 1. The van der Waals surface area contributed by atoms with Gasteiger partial charge >= 0.3 is 0 Å². The van der Waals surface area contributed by atoms with Crippen LogP contribution in [0, 0.1) is 0 Å². The average molecular weight is 458 g/mol. The maximum absolute atomic E-state index is 12.2. The van der Waals surface area contributed by atoms with Gasteiger partial charge in [0.05, 0.1) is 11.4 Å². The Hall–Kier alpha value is -2.38. The fraction of sp³-hybridized carbons (Fsp3) is 0.190. The largest absolute Gasteiger partial charge is 0.325 e. The van der Waals surface area contributed by atoms with E-state index in [9.17, 15) is 9.59 Å². The van der Waals surface area contributed by atoms with Crippen molar-refractivity contribution in [3.63, 3.8) is 0 Å². The van der Waals surface area contributed by atoms with E-state index < -0.39 is 0 Å². The summed E-state index contributed by atoms with van der Waals surface area (Å²) >= 11 is 4.65. The smallest absolute Gasteiger partial charge is 0.271 e. The fourth-order valence-corrected chi connectivity index (χ4v) is 3.45. The Morgan fingerprint density at radius 3 is 2.39 bits per heavy atom. The Kier molecular flexibility index (Phi) is 6.70. The molecule has 0 aliphatic rings. The van der Waals surface area contributed by atoms with Crippen molar-refractivity contribution in [3.8, 4) is 5.69 Å². The van der Waals surface area contributed by atoms with Crippen molar-refractivity contribution in [1.82, 2.24) is 9.78 Å². The van der Waals surface area contributed by atoms with Crippen molar-refractivity contribution < 1.29 is 4.79 Å². The first-order valence-electron chi connectivity index (χ1n) is 8.81. The maximum atomic E-state index is 12.2. The van der Waals surface area contributed by atoms with E-state index in [1.165, 1.54) is 28.1 Å². The minimum atomic E-state index is -0.207. The normalized spacial score (nSPS) is 10.9. The monoisotopic (exact) mass is 457 g/mol. The number of hydrogen-bond acceptors (Lipinski definition) is 4. The zero-order valence-corrected chi connectivity index (χ0v) is 18.0. The standard InChI is InChI=1S/C21H20BrN3O2S/c1-14(2)15-3-9-18(10-4-15)25-21(27)12-11-20(24-25)28-13-19(26)23-17-7-5-16(22)6-8-17/h3-12,14H,13H2,1-2H3,(H,23,26). The van der Waals surface area contributed by atoms with Crippen LogP contribution in [0.15, 0.2) is 75.0 Å². The Morgan fingerprint density at radius 1 is 1.07 bits per heavy atom. The molecule has 1 heterocycles. The van der Waals surface area contributed by atoms with Gasteiger partial charge in [-0.25, -0.2) is 0 Å². The molecule has 0 saturated carbocycles. The molecule has 1 aromatic heterocycles. The molecular weight excluding hydrogens is 438 g/mol. The van der Waals surface area contributed by atoms with Crippen LogP contribution in [-0.2, 0) is 4.79 Å². The van der Waals surface area contributed by atoms with Crippen LogP contribution in [0.5, 0.6) is 0 Å². The van der Waals surface area contributed by atoms with Gasteiger partial charge in [-0.1, -0.05) is 53.7 Å². The van der Waals surface area contributed by atoms with Gasteiger partial charge in [-0.15, -0.1) is 0 Å². The number of carbonyl (C=O) groups is 1. The van der Waals surface area contributed by atoms with Crippen LogP contribution in [0.25, 0.3) is 5.69 Å². The summed E-state index contributed by atoms with van der Waals surface area (Å²) in [4.78, 5) is 24.4. The second-order valence-corrected chi connectivity index (χ2v) is 8.42. The summed E-state index contributed by atoms with van der Waals surface area (Å²) in [6, 6.07) is 18.3. The highest BCUT2D eigenvalue weighted by Crippen LogP contribution is 2.19. The minimum Gasteiger partial charge on any atom is -0.325 e. The predicted molar refractivity (Wildman–Crippen MR) is 117 cm³/mol. The molecule has 0 unspecified atom stereocenters. The quantitative estimate of drug-likeness (QED) is 0.537.